The molecule has 9 heteroatoms. The Kier molecular flexibility index (Phi) is 8.76. The van der Waals surface area contributed by atoms with E-state index >= 15 is 0 Å². The Labute approximate surface area is 239 Å². The van der Waals surface area contributed by atoms with Crippen molar-refractivity contribution in [1.82, 2.24) is 10.2 Å². The van der Waals surface area contributed by atoms with Gasteiger partial charge in [0.15, 0.2) is 0 Å². The summed E-state index contributed by atoms with van der Waals surface area (Å²) >= 11 is 0. The van der Waals surface area contributed by atoms with E-state index in [0.717, 1.165) is 57.9 Å². The molecular weight excluding hydrogens is 510 g/mol. The molecule has 12 unspecified atom stereocenters. The summed E-state index contributed by atoms with van der Waals surface area (Å²) in [4.78, 5) is 29.4. The van der Waals surface area contributed by atoms with E-state index in [2.05, 4.69) is 15.5 Å². The van der Waals surface area contributed by atoms with Gasteiger partial charge in [-0.15, -0.1) is 0 Å². The van der Waals surface area contributed by atoms with E-state index in [9.17, 15) is 14.7 Å². The third-order valence-electron chi connectivity index (χ3n) is 11.8. The monoisotopic (exact) mass is 562 g/mol. The van der Waals surface area contributed by atoms with Gasteiger partial charge in [-0.3, -0.25) is 9.59 Å². The zero-order chi connectivity index (χ0) is 28.0. The molecule has 6 aliphatic rings. The van der Waals surface area contributed by atoms with Crippen LogP contribution in [0.2, 0.25) is 0 Å². The predicted octanol–water partition coefficient (Wildman–Crippen LogP) is 1.22. The predicted molar refractivity (Wildman–Crippen MR) is 148 cm³/mol. The Bertz CT molecular complexity index is 914. The first-order valence-corrected chi connectivity index (χ1v) is 16.2. The molecule has 0 bridgehead atoms. The average molecular weight is 563 g/mol. The first-order valence-electron chi connectivity index (χ1n) is 16.2. The molecule has 4 N–H and O–H groups in total. The maximum Gasteiger partial charge on any atom is 0.248 e. The number of nitrogens with two attached hydrogens (primary N) is 1. The van der Waals surface area contributed by atoms with Crippen LogP contribution < -0.4 is 10.6 Å². The zero-order valence-corrected chi connectivity index (χ0v) is 24.7. The second-order valence-electron chi connectivity index (χ2n) is 13.7. The van der Waals surface area contributed by atoms with E-state index < -0.39 is 12.2 Å². The van der Waals surface area contributed by atoms with Gasteiger partial charge in [0, 0.05) is 39.1 Å². The Hall–Kier alpha value is -1.26. The SMILES string of the molecule is COC1CCC2C3[NH2+]CCC4C5CC(OC(C)C(=O)NCC(O)C6CCCCC6)CCC5N(C(=O)C2C1OC)C43. The van der Waals surface area contributed by atoms with Gasteiger partial charge in [0.1, 0.15) is 12.1 Å². The molecule has 0 aromatic rings. The molecule has 0 radical (unpaired) electrons. The third-order valence-corrected chi connectivity index (χ3v) is 11.8. The number of amides is 2. The molecule has 0 aromatic carbocycles. The lowest BCUT2D eigenvalue weighted by atomic mass is 9.64. The van der Waals surface area contributed by atoms with E-state index in [4.69, 9.17) is 14.2 Å². The summed E-state index contributed by atoms with van der Waals surface area (Å²) in [6, 6.07) is 0.990. The van der Waals surface area contributed by atoms with Crippen LogP contribution in [0.3, 0.4) is 0 Å². The minimum absolute atomic E-state index is 0.0231. The third kappa shape index (κ3) is 5.12. The van der Waals surface area contributed by atoms with Crippen molar-refractivity contribution in [2.45, 2.75) is 126 Å². The zero-order valence-electron chi connectivity index (χ0n) is 24.7. The highest BCUT2D eigenvalue weighted by Gasteiger charge is 2.66. The number of hydrogen-bond acceptors (Lipinski definition) is 6. The molecule has 226 valence electrons. The van der Waals surface area contributed by atoms with Gasteiger partial charge in [-0.1, -0.05) is 19.3 Å². The first kappa shape index (κ1) is 28.8. The number of methoxy groups -OCH3 is 2. The molecule has 2 amide bonds. The molecule has 3 saturated heterocycles. The van der Waals surface area contributed by atoms with Crippen LogP contribution in [0.25, 0.3) is 0 Å². The number of carbonyl (C=O) groups excluding carboxylic acids is 2. The number of aliphatic hydroxyl groups excluding tert-OH is 1. The Morgan fingerprint density at radius 1 is 1.02 bits per heavy atom. The molecule has 3 aliphatic carbocycles. The molecule has 0 aromatic heterocycles. The van der Waals surface area contributed by atoms with E-state index in [1.807, 2.05) is 6.92 Å². The number of carbonyl (C=O) groups is 2. The van der Waals surface area contributed by atoms with Gasteiger partial charge in [-0.05, 0) is 69.6 Å². The lowest BCUT2D eigenvalue weighted by Crippen LogP contribution is -2.99. The van der Waals surface area contributed by atoms with Crippen LogP contribution in [-0.2, 0) is 23.8 Å². The van der Waals surface area contributed by atoms with Crippen molar-refractivity contribution in [2.24, 2.45) is 29.6 Å². The number of hydrogen-bond donors (Lipinski definition) is 3. The van der Waals surface area contributed by atoms with Crippen LogP contribution in [0.5, 0.6) is 0 Å². The van der Waals surface area contributed by atoms with Crippen LogP contribution in [-0.4, -0.2) is 97.8 Å². The Morgan fingerprint density at radius 2 is 1.82 bits per heavy atom. The fourth-order valence-corrected chi connectivity index (χ4v) is 10.0. The van der Waals surface area contributed by atoms with Gasteiger partial charge in [0.25, 0.3) is 0 Å². The van der Waals surface area contributed by atoms with Crippen LogP contribution in [0, 0.1) is 29.6 Å². The van der Waals surface area contributed by atoms with Crippen LogP contribution in [0.1, 0.15) is 77.6 Å². The number of piperidine rings is 2. The first-order chi connectivity index (χ1) is 19.4. The van der Waals surface area contributed by atoms with E-state index in [1.54, 1.807) is 14.2 Å². The second-order valence-corrected chi connectivity index (χ2v) is 13.7. The standard InChI is InChI=1S/C31H51N3O6/c1-17(30(36)33-16-24(35)18-7-5-4-6-8-18)40-19-9-11-23-22(15-19)20-13-14-32-27-21-10-12-25(38-2)29(39-3)26(21)31(37)34(23)28(20)27/h17-29,32,35H,4-16H2,1-3H3,(H,33,36)/p+1. The summed E-state index contributed by atoms with van der Waals surface area (Å²) in [5.41, 5.74) is 0. The fraction of sp³-hybridized carbons (Fsp3) is 0.935. The van der Waals surface area contributed by atoms with Gasteiger partial charge in [-0.25, -0.2) is 0 Å². The minimum Gasteiger partial charge on any atom is -0.391 e. The molecule has 6 fully saturated rings. The number of rotatable bonds is 8. The number of aliphatic hydroxyl groups is 1. The Morgan fingerprint density at radius 3 is 2.58 bits per heavy atom. The van der Waals surface area contributed by atoms with Crippen molar-refractivity contribution in [1.29, 1.82) is 0 Å². The molecule has 6 rings (SSSR count). The van der Waals surface area contributed by atoms with Crippen LogP contribution in [0.4, 0.5) is 0 Å². The molecule has 3 heterocycles. The van der Waals surface area contributed by atoms with Crippen molar-refractivity contribution >= 4 is 11.8 Å². The van der Waals surface area contributed by atoms with Gasteiger partial charge in [0.05, 0.1) is 42.9 Å². The van der Waals surface area contributed by atoms with Crippen LogP contribution in [0.15, 0.2) is 0 Å². The number of fused-ring (bicyclic) bond motifs is 5. The minimum atomic E-state index is -0.547. The topological polar surface area (TPSA) is 114 Å². The second kappa shape index (κ2) is 12.2. The highest BCUT2D eigenvalue weighted by atomic mass is 16.5. The largest absolute Gasteiger partial charge is 0.391 e. The van der Waals surface area contributed by atoms with Gasteiger partial charge in [0.2, 0.25) is 11.8 Å². The number of nitrogens with zero attached hydrogens (tertiary/aromatic N) is 1. The van der Waals surface area contributed by atoms with Crippen LogP contribution >= 0.6 is 0 Å². The average Bonchev–Trinajstić information content (AvgIpc) is 3.32. The van der Waals surface area contributed by atoms with Crippen molar-refractivity contribution in [3.8, 4) is 0 Å². The van der Waals surface area contributed by atoms with Gasteiger partial charge < -0.3 is 34.9 Å². The van der Waals surface area contributed by atoms with Crippen molar-refractivity contribution in [3.63, 3.8) is 0 Å². The molecule has 3 saturated carbocycles. The molecule has 40 heavy (non-hydrogen) atoms. The van der Waals surface area contributed by atoms with Crippen molar-refractivity contribution in [3.05, 3.63) is 0 Å². The maximum atomic E-state index is 14.2. The highest BCUT2D eigenvalue weighted by Crippen LogP contribution is 2.53. The summed E-state index contributed by atoms with van der Waals surface area (Å²) in [6.07, 6.45) is 10.3. The van der Waals surface area contributed by atoms with Crippen molar-refractivity contribution < 1.29 is 34.2 Å². The quantitative estimate of drug-likeness (QED) is 0.410. The lowest BCUT2D eigenvalue weighted by molar-refractivity contribution is -0.713. The van der Waals surface area contributed by atoms with Gasteiger partial charge in [-0.2, -0.15) is 0 Å². The highest BCUT2D eigenvalue weighted by molar-refractivity contribution is 5.82. The molecule has 3 aliphatic heterocycles. The smallest absolute Gasteiger partial charge is 0.248 e. The molecule has 9 nitrogen and oxygen atoms in total. The summed E-state index contributed by atoms with van der Waals surface area (Å²) < 4.78 is 18.1. The summed E-state index contributed by atoms with van der Waals surface area (Å²) in [5.74, 6) is 1.60. The van der Waals surface area contributed by atoms with E-state index in [0.29, 0.717) is 42.3 Å². The number of ether oxygens (including phenoxy) is 3. The van der Waals surface area contributed by atoms with E-state index in [-0.39, 0.29) is 42.1 Å². The molecule has 0 spiro atoms. The van der Waals surface area contributed by atoms with Crippen molar-refractivity contribution in [2.75, 3.05) is 27.3 Å². The fourth-order valence-electron chi connectivity index (χ4n) is 10.0. The normalized spacial score (nSPS) is 42.9. The van der Waals surface area contributed by atoms with E-state index in [1.165, 1.54) is 19.3 Å². The molecule has 12 atom stereocenters. The number of nitrogens with one attached hydrogen (secondary N) is 1. The summed E-state index contributed by atoms with van der Waals surface area (Å²) in [7, 11) is 3.47. The lowest BCUT2D eigenvalue weighted by Gasteiger charge is -2.53. The van der Waals surface area contributed by atoms with Gasteiger partial charge >= 0.3 is 0 Å². The summed E-state index contributed by atoms with van der Waals surface area (Å²) in [5, 5.41) is 16.0. The summed E-state index contributed by atoms with van der Waals surface area (Å²) in [6.45, 7) is 3.25. The molecular formula is C31H52N3O6+. The number of quaternary nitrogens is 1. The maximum absolute atomic E-state index is 14.2. The Balaban J connectivity index is 1.09.